The standard InChI is InChI=1S/2C8H16O2/c1-4-6-10-8(9)7(3)5-2;1-3-5-6-8(9)10-7-4-2/h7H,4-6H2,1-3H3;3-7H2,1-2H3. The Bertz CT molecular complexity index is 229. The van der Waals surface area contributed by atoms with E-state index in [1.54, 1.807) is 0 Å². The number of hydrogen-bond donors (Lipinski definition) is 0. The van der Waals surface area contributed by atoms with Gasteiger partial charge in [0.15, 0.2) is 0 Å². The van der Waals surface area contributed by atoms with Crippen LogP contribution in [0.15, 0.2) is 0 Å². The molecule has 0 N–H and O–H groups in total. The van der Waals surface area contributed by atoms with Gasteiger partial charge in [-0.25, -0.2) is 0 Å². The zero-order valence-electron chi connectivity index (χ0n) is 13.9. The Morgan fingerprint density at radius 2 is 1.45 bits per heavy atom. The van der Waals surface area contributed by atoms with E-state index in [9.17, 15) is 9.59 Å². The van der Waals surface area contributed by atoms with Gasteiger partial charge < -0.3 is 9.47 Å². The normalized spacial score (nSPS) is 11.1. The van der Waals surface area contributed by atoms with Gasteiger partial charge in [-0.15, -0.1) is 0 Å². The summed E-state index contributed by atoms with van der Waals surface area (Å²) in [6.45, 7) is 11.0. The fourth-order valence-electron chi connectivity index (χ4n) is 1.12. The molecule has 0 spiro atoms. The van der Waals surface area contributed by atoms with Gasteiger partial charge in [-0.05, 0) is 25.7 Å². The molecule has 4 nitrogen and oxygen atoms in total. The molecule has 0 aromatic heterocycles. The Kier molecular flexibility index (Phi) is 17.0. The van der Waals surface area contributed by atoms with Crippen LogP contribution in [0.5, 0.6) is 0 Å². The topological polar surface area (TPSA) is 52.6 Å². The fraction of sp³-hybridized carbons (Fsp3) is 0.875. The van der Waals surface area contributed by atoms with E-state index >= 15 is 0 Å². The fourth-order valence-corrected chi connectivity index (χ4v) is 1.12. The molecule has 0 heterocycles. The third kappa shape index (κ3) is 15.0. The van der Waals surface area contributed by atoms with E-state index in [0.29, 0.717) is 19.6 Å². The predicted molar refractivity (Wildman–Crippen MR) is 81.5 cm³/mol. The number of rotatable bonds is 9. The van der Waals surface area contributed by atoms with Crippen molar-refractivity contribution in [1.82, 2.24) is 0 Å². The molecule has 0 radical (unpaired) electrons. The highest BCUT2D eigenvalue weighted by molar-refractivity contribution is 5.71. The molecule has 0 saturated carbocycles. The van der Waals surface area contributed by atoms with E-state index in [1.807, 2.05) is 27.7 Å². The molecule has 0 rings (SSSR count). The van der Waals surface area contributed by atoms with Crippen LogP contribution in [0.25, 0.3) is 0 Å². The van der Waals surface area contributed by atoms with Crippen molar-refractivity contribution in [2.45, 2.75) is 73.1 Å². The maximum Gasteiger partial charge on any atom is 0.308 e. The minimum atomic E-state index is -0.0654. The molecule has 4 heteroatoms. The minimum absolute atomic E-state index is 0.0521. The van der Waals surface area contributed by atoms with Crippen molar-refractivity contribution in [2.75, 3.05) is 13.2 Å². The lowest BCUT2D eigenvalue weighted by molar-refractivity contribution is -0.148. The molecule has 120 valence electrons. The first-order valence-electron chi connectivity index (χ1n) is 7.85. The maximum absolute atomic E-state index is 10.9. The van der Waals surface area contributed by atoms with Gasteiger partial charge in [-0.1, -0.05) is 41.0 Å². The summed E-state index contributed by atoms with van der Waals surface area (Å²) in [6, 6.07) is 0. The summed E-state index contributed by atoms with van der Waals surface area (Å²) in [5, 5.41) is 0. The van der Waals surface area contributed by atoms with Gasteiger partial charge in [0.25, 0.3) is 0 Å². The number of carbonyl (C=O) groups is 2. The molecular weight excluding hydrogens is 256 g/mol. The van der Waals surface area contributed by atoms with E-state index in [0.717, 1.165) is 32.1 Å². The summed E-state index contributed by atoms with van der Waals surface area (Å²) in [6.07, 6.45) is 5.27. The van der Waals surface area contributed by atoms with Crippen LogP contribution in [0, 0.1) is 5.92 Å². The van der Waals surface area contributed by atoms with E-state index in [1.165, 1.54) is 0 Å². The highest BCUT2D eigenvalue weighted by atomic mass is 16.5. The summed E-state index contributed by atoms with van der Waals surface area (Å²) in [4.78, 5) is 21.6. The second-order valence-corrected chi connectivity index (χ2v) is 4.80. The monoisotopic (exact) mass is 288 g/mol. The van der Waals surface area contributed by atoms with Crippen LogP contribution in [0.1, 0.15) is 73.1 Å². The van der Waals surface area contributed by atoms with Gasteiger partial charge in [0, 0.05) is 6.42 Å². The van der Waals surface area contributed by atoms with Crippen molar-refractivity contribution in [2.24, 2.45) is 5.92 Å². The summed E-state index contributed by atoms with van der Waals surface area (Å²) < 4.78 is 9.76. The maximum atomic E-state index is 10.9. The van der Waals surface area contributed by atoms with Gasteiger partial charge in [0.2, 0.25) is 0 Å². The minimum Gasteiger partial charge on any atom is -0.466 e. The van der Waals surface area contributed by atoms with E-state index in [2.05, 4.69) is 6.92 Å². The first-order chi connectivity index (χ1) is 9.53. The highest BCUT2D eigenvalue weighted by Crippen LogP contribution is 2.02. The zero-order chi connectivity index (χ0) is 15.8. The molecule has 0 aliphatic carbocycles. The van der Waals surface area contributed by atoms with Crippen molar-refractivity contribution in [1.29, 1.82) is 0 Å². The Hall–Kier alpha value is -1.06. The first kappa shape index (κ1) is 21.2. The largest absolute Gasteiger partial charge is 0.466 e. The predicted octanol–water partition coefficient (Wildman–Crippen LogP) is 4.12. The molecule has 0 fully saturated rings. The average molecular weight is 288 g/mol. The van der Waals surface area contributed by atoms with Crippen LogP contribution in [-0.4, -0.2) is 25.2 Å². The molecule has 1 unspecified atom stereocenters. The molecule has 0 saturated heterocycles. The van der Waals surface area contributed by atoms with Gasteiger partial charge in [0.05, 0.1) is 19.1 Å². The van der Waals surface area contributed by atoms with Crippen molar-refractivity contribution < 1.29 is 19.1 Å². The van der Waals surface area contributed by atoms with E-state index < -0.39 is 0 Å². The Morgan fingerprint density at radius 1 is 0.900 bits per heavy atom. The van der Waals surface area contributed by atoms with Gasteiger partial charge >= 0.3 is 11.9 Å². The van der Waals surface area contributed by atoms with Gasteiger partial charge in [-0.2, -0.15) is 0 Å². The Balaban J connectivity index is 0. The Morgan fingerprint density at radius 3 is 1.90 bits per heavy atom. The first-order valence-corrected chi connectivity index (χ1v) is 7.85. The molecule has 20 heavy (non-hydrogen) atoms. The molecule has 0 aliphatic heterocycles. The van der Waals surface area contributed by atoms with E-state index in [4.69, 9.17) is 9.47 Å². The van der Waals surface area contributed by atoms with Crippen molar-refractivity contribution in [3.63, 3.8) is 0 Å². The third-order valence-electron chi connectivity index (χ3n) is 2.66. The number of esters is 2. The SMILES string of the molecule is CCCCC(=O)OCCC.CCCOC(=O)C(C)CC. The zero-order valence-corrected chi connectivity index (χ0v) is 13.9. The third-order valence-corrected chi connectivity index (χ3v) is 2.66. The molecule has 1 atom stereocenters. The second-order valence-electron chi connectivity index (χ2n) is 4.80. The molecule has 0 aromatic rings. The number of unbranched alkanes of at least 4 members (excludes halogenated alkanes) is 1. The second kappa shape index (κ2) is 16.0. The average Bonchev–Trinajstić information content (AvgIpc) is 2.48. The molecule has 0 aromatic carbocycles. The van der Waals surface area contributed by atoms with Crippen molar-refractivity contribution in [3.05, 3.63) is 0 Å². The highest BCUT2D eigenvalue weighted by Gasteiger charge is 2.10. The van der Waals surface area contributed by atoms with Crippen LogP contribution in [-0.2, 0) is 19.1 Å². The number of hydrogen-bond acceptors (Lipinski definition) is 4. The Labute approximate surface area is 124 Å². The summed E-state index contributed by atoms with van der Waals surface area (Å²) in [5.74, 6) is -0.0559. The summed E-state index contributed by atoms with van der Waals surface area (Å²) in [5.41, 5.74) is 0. The summed E-state index contributed by atoms with van der Waals surface area (Å²) in [7, 11) is 0. The van der Waals surface area contributed by atoms with Crippen LogP contribution < -0.4 is 0 Å². The van der Waals surface area contributed by atoms with Crippen LogP contribution in [0.2, 0.25) is 0 Å². The van der Waals surface area contributed by atoms with Crippen molar-refractivity contribution in [3.8, 4) is 0 Å². The number of carbonyl (C=O) groups excluding carboxylic acids is 2. The number of ether oxygens (including phenoxy) is 2. The van der Waals surface area contributed by atoms with E-state index in [-0.39, 0.29) is 17.9 Å². The molecule has 0 amide bonds. The van der Waals surface area contributed by atoms with Gasteiger partial charge in [0.1, 0.15) is 0 Å². The summed E-state index contributed by atoms with van der Waals surface area (Å²) >= 11 is 0. The lowest BCUT2D eigenvalue weighted by atomic mass is 10.1. The smallest absolute Gasteiger partial charge is 0.308 e. The lowest BCUT2D eigenvalue weighted by Gasteiger charge is -2.07. The van der Waals surface area contributed by atoms with Gasteiger partial charge in [-0.3, -0.25) is 9.59 Å². The quantitative estimate of drug-likeness (QED) is 0.599. The van der Waals surface area contributed by atoms with Crippen LogP contribution >= 0.6 is 0 Å². The molecular formula is C16H32O4. The lowest BCUT2D eigenvalue weighted by Crippen LogP contribution is -2.14. The van der Waals surface area contributed by atoms with Crippen molar-refractivity contribution >= 4 is 11.9 Å². The molecule has 0 bridgehead atoms. The molecule has 0 aliphatic rings. The van der Waals surface area contributed by atoms with Crippen LogP contribution in [0.3, 0.4) is 0 Å². The van der Waals surface area contributed by atoms with Crippen LogP contribution in [0.4, 0.5) is 0 Å².